The number of para-hydroxylation sites is 1. The van der Waals surface area contributed by atoms with Crippen LogP contribution in [0.5, 0.6) is 5.75 Å². The molecule has 1 aromatic rings. The van der Waals surface area contributed by atoms with Crippen molar-refractivity contribution in [2.24, 2.45) is 4.99 Å². The maximum absolute atomic E-state index is 5.98. The third-order valence-corrected chi connectivity index (χ3v) is 4.90. The molecule has 0 aliphatic carbocycles. The fourth-order valence-electron chi connectivity index (χ4n) is 2.74. The number of halogens is 1. The van der Waals surface area contributed by atoms with Crippen LogP contribution in [0.4, 0.5) is 0 Å². The number of hydrogen-bond donors (Lipinski definition) is 2. The van der Waals surface area contributed by atoms with Gasteiger partial charge in [0.2, 0.25) is 0 Å². The van der Waals surface area contributed by atoms with Crippen LogP contribution in [0.2, 0.25) is 0 Å². The van der Waals surface area contributed by atoms with E-state index in [9.17, 15) is 0 Å². The minimum absolute atomic E-state index is 0.0224. The molecule has 2 N–H and O–H groups in total. The zero-order valence-corrected chi connectivity index (χ0v) is 17.6. The standard InChI is InChI=1S/C19H31BrN4O2/c1-4-21-19(22-13-15(2)24-9-11-25-12-10-24)23-14-16(3)26-18-8-6-5-7-17(18)20/h5-8,15-16H,4,9-14H2,1-3H3,(H2,21,22,23). The van der Waals surface area contributed by atoms with Gasteiger partial charge in [-0.3, -0.25) is 9.89 Å². The van der Waals surface area contributed by atoms with Gasteiger partial charge in [0.1, 0.15) is 11.9 Å². The first-order chi connectivity index (χ1) is 12.6. The molecule has 146 valence electrons. The Morgan fingerprint density at radius 2 is 2.00 bits per heavy atom. The van der Waals surface area contributed by atoms with Crippen molar-refractivity contribution >= 4 is 21.9 Å². The lowest BCUT2D eigenvalue weighted by molar-refractivity contribution is 0.0220. The van der Waals surface area contributed by atoms with E-state index in [1.165, 1.54) is 0 Å². The van der Waals surface area contributed by atoms with Gasteiger partial charge in [0.05, 0.1) is 30.8 Å². The lowest BCUT2D eigenvalue weighted by Gasteiger charge is -2.31. The maximum Gasteiger partial charge on any atom is 0.191 e. The van der Waals surface area contributed by atoms with Gasteiger partial charge in [-0.15, -0.1) is 0 Å². The summed E-state index contributed by atoms with van der Waals surface area (Å²) in [6, 6.07) is 8.30. The average molecular weight is 427 g/mol. The molecule has 0 spiro atoms. The van der Waals surface area contributed by atoms with Gasteiger partial charge in [0.25, 0.3) is 0 Å². The molecule has 1 fully saturated rings. The molecule has 0 aromatic heterocycles. The van der Waals surface area contributed by atoms with E-state index in [0.717, 1.165) is 55.6 Å². The Bertz CT molecular complexity index is 564. The second-order valence-electron chi connectivity index (χ2n) is 6.46. The number of morpholine rings is 1. The van der Waals surface area contributed by atoms with Gasteiger partial charge in [0.15, 0.2) is 5.96 Å². The molecule has 2 rings (SSSR count). The van der Waals surface area contributed by atoms with Crippen LogP contribution in [0.15, 0.2) is 33.7 Å². The Balaban J connectivity index is 1.81. The number of nitrogens with one attached hydrogen (secondary N) is 2. The zero-order valence-electron chi connectivity index (χ0n) is 16.0. The summed E-state index contributed by atoms with van der Waals surface area (Å²) in [4.78, 5) is 7.16. The molecule has 0 bridgehead atoms. The molecule has 2 unspecified atom stereocenters. The SMILES string of the molecule is CCNC(=NCC(C)N1CCOCC1)NCC(C)Oc1ccccc1Br. The quantitative estimate of drug-likeness (QED) is 0.493. The lowest BCUT2D eigenvalue weighted by Crippen LogP contribution is -2.45. The molecule has 0 amide bonds. The number of ether oxygens (including phenoxy) is 2. The van der Waals surface area contributed by atoms with E-state index in [1.807, 2.05) is 31.2 Å². The zero-order chi connectivity index (χ0) is 18.8. The van der Waals surface area contributed by atoms with Crippen LogP contribution >= 0.6 is 15.9 Å². The molecule has 6 nitrogen and oxygen atoms in total. The first-order valence-electron chi connectivity index (χ1n) is 9.35. The first-order valence-corrected chi connectivity index (χ1v) is 10.1. The summed E-state index contributed by atoms with van der Waals surface area (Å²) in [5, 5.41) is 6.68. The van der Waals surface area contributed by atoms with Gasteiger partial charge < -0.3 is 20.1 Å². The molecule has 1 heterocycles. The maximum atomic E-state index is 5.98. The third kappa shape index (κ3) is 7.13. The van der Waals surface area contributed by atoms with Gasteiger partial charge in [-0.2, -0.15) is 0 Å². The van der Waals surface area contributed by atoms with Crippen molar-refractivity contribution in [1.29, 1.82) is 0 Å². The first kappa shape index (κ1) is 21.0. The topological polar surface area (TPSA) is 58.1 Å². The van der Waals surface area contributed by atoms with Gasteiger partial charge in [-0.05, 0) is 48.8 Å². The van der Waals surface area contributed by atoms with Crippen LogP contribution in [0.3, 0.4) is 0 Å². The van der Waals surface area contributed by atoms with E-state index in [-0.39, 0.29) is 6.10 Å². The van der Waals surface area contributed by atoms with Gasteiger partial charge >= 0.3 is 0 Å². The second kappa shape index (κ2) is 11.4. The van der Waals surface area contributed by atoms with Crippen LogP contribution in [-0.4, -0.2) is 68.9 Å². The summed E-state index contributed by atoms with van der Waals surface area (Å²) in [5.41, 5.74) is 0. The summed E-state index contributed by atoms with van der Waals surface area (Å²) in [7, 11) is 0. The van der Waals surface area contributed by atoms with Gasteiger partial charge in [-0.25, -0.2) is 0 Å². The normalized spacial score (nSPS) is 18.2. The highest BCUT2D eigenvalue weighted by molar-refractivity contribution is 9.10. The minimum Gasteiger partial charge on any atom is -0.488 e. The van der Waals surface area contributed by atoms with E-state index >= 15 is 0 Å². The average Bonchev–Trinajstić information content (AvgIpc) is 2.66. The summed E-state index contributed by atoms with van der Waals surface area (Å²) >= 11 is 3.51. The van der Waals surface area contributed by atoms with E-state index in [2.05, 4.69) is 45.3 Å². The predicted molar refractivity (Wildman–Crippen MR) is 110 cm³/mol. The molecule has 7 heteroatoms. The molecule has 0 saturated carbocycles. The Hall–Kier alpha value is -1.31. The number of nitrogens with zero attached hydrogens (tertiary/aromatic N) is 2. The molecule has 2 atom stereocenters. The van der Waals surface area contributed by atoms with Crippen molar-refractivity contribution in [2.75, 3.05) is 45.9 Å². The van der Waals surface area contributed by atoms with E-state index in [0.29, 0.717) is 12.6 Å². The molecule has 1 aliphatic heterocycles. The van der Waals surface area contributed by atoms with Crippen molar-refractivity contribution in [2.45, 2.75) is 32.9 Å². The van der Waals surface area contributed by atoms with Gasteiger partial charge in [0, 0.05) is 25.7 Å². The number of rotatable bonds is 8. The fourth-order valence-corrected chi connectivity index (χ4v) is 3.12. The fraction of sp³-hybridized carbons (Fsp3) is 0.632. The van der Waals surface area contributed by atoms with Crippen LogP contribution < -0.4 is 15.4 Å². The largest absolute Gasteiger partial charge is 0.488 e. The summed E-state index contributed by atoms with van der Waals surface area (Å²) in [6.45, 7) is 12.2. The molecule has 26 heavy (non-hydrogen) atoms. The number of benzene rings is 1. The third-order valence-electron chi connectivity index (χ3n) is 4.25. The number of guanidine groups is 1. The Morgan fingerprint density at radius 1 is 1.27 bits per heavy atom. The summed E-state index contributed by atoms with van der Waals surface area (Å²) in [6.07, 6.45) is 0.0224. The van der Waals surface area contributed by atoms with Crippen LogP contribution in [0, 0.1) is 0 Å². The summed E-state index contributed by atoms with van der Waals surface area (Å²) in [5.74, 6) is 1.68. The Labute approximate surface area is 165 Å². The molecular formula is C19H31BrN4O2. The Kier molecular flexibility index (Phi) is 9.22. The van der Waals surface area contributed by atoms with Crippen LogP contribution in [-0.2, 0) is 4.74 Å². The van der Waals surface area contributed by atoms with Crippen molar-refractivity contribution in [3.05, 3.63) is 28.7 Å². The van der Waals surface area contributed by atoms with Crippen molar-refractivity contribution in [3.63, 3.8) is 0 Å². The molecule has 1 aliphatic rings. The van der Waals surface area contributed by atoms with Crippen molar-refractivity contribution < 1.29 is 9.47 Å². The van der Waals surface area contributed by atoms with Crippen molar-refractivity contribution in [3.8, 4) is 5.75 Å². The summed E-state index contributed by atoms with van der Waals surface area (Å²) < 4.78 is 12.4. The van der Waals surface area contributed by atoms with Crippen LogP contribution in [0.1, 0.15) is 20.8 Å². The smallest absolute Gasteiger partial charge is 0.191 e. The predicted octanol–water partition coefficient (Wildman–Crippen LogP) is 2.49. The highest BCUT2D eigenvalue weighted by Crippen LogP contribution is 2.24. The van der Waals surface area contributed by atoms with Crippen molar-refractivity contribution in [1.82, 2.24) is 15.5 Å². The van der Waals surface area contributed by atoms with E-state index < -0.39 is 0 Å². The number of aliphatic imine (C=N–C) groups is 1. The highest BCUT2D eigenvalue weighted by atomic mass is 79.9. The monoisotopic (exact) mass is 426 g/mol. The minimum atomic E-state index is 0.0224. The van der Waals surface area contributed by atoms with E-state index in [4.69, 9.17) is 14.5 Å². The van der Waals surface area contributed by atoms with E-state index in [1.54, 1.807) is 0 Å². The highest BCUT2D eigenvalue weighted by Gasteiger charge is 2.16. The molecule has 1 aromatic carbocycles. The van der Waals surface area contributed by atoms with Gasteiger partial charge in [-0.1, -0.05) is 12.1 Å². The lowest BCUT2D eigenvalue weighted by atomic mass is 10.2. The molecule has 1 saturated heterocycles. The molecular weight excluding hydrogens is 396 g/mol. The number of hydrogen-bond acceptors (Lipinski definition) is 4. The second-order valence-corrected chi connectivity index (χ2v) is 7.31. The van der Waals surface area contributed by atoms with Crippen LogP contribution in [0.25, 0.3) is 0 Å². The molecule has 0 radical (unpaired) electrons. The Morgan fingerprint density at radius 3 is 2.69 bits per heavy atom.